The number of furan rings is 1. The molecule has 1 aliphatic carbocycles. The fraction of sp³-hybridized carbons (Fsp3) is 0.529. The van der Waals surface area contributed by atoms with Gasteiger partial charge in [0.05, 0.1) is 12.2 Å². The Balaban J connectivity index is 1.73. The smallest absolute Gasteiger partial charge is 0.287 e. The van der Waals surface area contributed by atoms with Crippen LogP contribution in [0, 0.1) is 17.3 Å². The Morgan fingerprint density at radius 1 is 1.27 bits per heavy atom. The Labute approximate surface area is 131 Å². The van der Waals surface area contributed by atoms with E-state index in [9.17, 15) is 9.59 Å². The summed E-state index contributed by atoms with van der Waals surface area (Å²) in [6.45, 7) is 9.12. The molecular formula is C17H24N2O3. The zero-order chi connectivity index (χ0) is 16.3. The first kappa shape index (κ1) is 16.3. The second-order valence-electron chi connectivity index (χ2n) is 6.59. The van der Waals surface area contributed by atoms with Gasteiger partial charge in [-0.3, -0.25) is 9.59 Å². The molecule has 2 atom stereocenters. The summed E-state index contributed by atoms with van der Waals surface area (Å²) >= 11 is 0. The van der Waals surface area contributed by atoms with Gasteiger partial charge in [-0.25, -0.2) is 0 Å². The third-order valence-corrected chi connectivity index (χ3v) is 4.16. The molecule has 5 heteroatoms. The Bertz CT molecular complexity index is 569. The van der Waals surface area contributed by atoms with E-state index >= 15 is 0 Å². The summed E-state index contributed by atoms with van der Waals surface area (Å²) in [5.74, 6) is 0.379. The minimum absolute atomic E-state index is 0.0127. The van der Waals surface area contributed by atoms with E-state index in [1.807, 2.05) is 13.8 Å². The summed E-state index contributed by atoms with van der Waals surface area (Å²) in [6, 6.07) is 3.26. The SMILES string of the molecule is CC(C)=CC1C(C(=O)NCCNC(=O)c2ccco2)C1(C)C. The Kier molecular flexibility index (Phi) is 4.74. The van der Waals surface area contributed by atoms with Crippen LogP contribution in [0.1, 0.15) is 38.2 Å². The molecule has 2 N–H and O–H groups in total. The predicted molar refractivity (Wildman–Crippen MR) is 84.2 cm³/mol. The number of allylic oxidation sites excluding steroid dienone is 2. The minimum atomic E-state index is -0.270. The van der Waals surface area contributed by atoms with Crippen molar-refractivity contribution in [3.05, 3.63) is 35.8 Å². The molecule has 2 unspecified atom stereocenters. The molecule has 2 amide bonds. The molecule has 0 aliphatic heterocycles. The van der Waals surface area contributed by atoms with E-state index in [0.717, 1.165) is 0 Å². The molecular weight excluding hydrogens is 280 g/mol. The number of amides is 2. The maximum atomic E-state index is 12.2. The molecule has 2 rings (SSSR count). The first-order chi connectivity index (χ1) is 10.3. The third-order valence-electron chi connectivity index (χ3n) is 4.16. The topological polar surface area (TPSA) is 71.3 Å². The molecule has 1 aliphatic rings. The maximum absolute atomic E-state index is 12.2. The highest BCUT2D eigenvalue weighted by Crippen LogP contribution is 2.59. The van der Waals surface area contributed by atoms with Crippen molar-refractivity contribution in [3.8, 4) is 0 Å². The van der Waals surface area contributed by atoms with E-state index in [2.05, 4.69) is 30.6 Å². The molecule has 0 radical (unpaired) electrons. The van der Waals surface area contributed by atoms with Crippen molar-refractivity contribution < 1.29 is 14.0 Å². The third kappa shape index (κ3) is 3.59. The molecule has 1 heterocycles. The fourth-order valence-electron chi connectivity index (χ4n) is 2.82. The van der Waals surface area contributed by atoms with E-state index in [-0.39, 0.29) is 28.9 Å². The maximum Gasteiger partial charge on any atom is 0.287 e. The van der Waals surface area contributed by atoms with Crippen LogP contribution in [0.5, 0.6) is 0 Å². The van der Waals surface area contributed by atoms with E-state index in [1.165, 1.54) is 11.8 Å². The highest BCUT2D eigenvalue weighted by Gasteiger charge is 2.60. The Morgan fingerprint density at radius 3 is 2.55 bits per heavy atom. The molecule has 0 spiro atoms. The van der Waals surface area contributed by atoms with Gasteiger partial charge in [0, 0.05) is 13.1 Å². The van der Waals surface area contributed by atoms with Crippen molar-refractivity contribution in [2.45, 2.75) is 27.7 Å². The van der Waals surface area contributed by atoms with Gasteiger partial charge in [0.15, 0.2) is 5.76 Å². The molecule has 22 heavy (non-hydrogen) atoms. The van der Waals surface area contributed by atoms with Gasteiger partial charge in [0.25, 0.3) is 5.91 Å². The zero-order valence-electron chi connectivity index (χ0n) is 13.6. The van der Waals surface area contributed by atoms with Crippen molar-refractivity contribution >= 4 is 11.8 Å². The van der Waals surface area contributed by atoms with Gasteiger partial charge in [0.2, 0.25) is 5.91 Å². The van der Waals surface area contributed by atoms with E-state index in [1.54, 1.807) is 12.1 Å². The lowest BCUT2D eigenvalue weighted by atomic mass is 10.1. The molecule has 1 aromatic heterocycles. The molecule has 0 saturated heterocycles. The van der Waals surface area contributed by atoms with Gasteiger partial charge in [-0.1, -0.05) is 25.5 Å². The highest BCUT2D eigenvalue weighted by atomic mass is 16.3. The Morgan fingerprint density at radius 2 is 1.95 bits per heavy atom. The van der Waals surface area contributed by atoms with Crippen molar-refractivity contribution in [2.75, 3.05) is 13.1 Å². The zero-order valence-corrected chi connectivity index (χ0v) is 13.6. The van der Waals surface area contributed by atoms with E-state index < -0.39 is 0 Å². The molecule has 0 aromatic carbocycles. The molecule has 1 saturated carbocycles. The van der Waals surface area contributed by atoms with Gasteiger partial charge in [0.1, 0.15) is 0 Å². The van der Waals surface area contributed by atoms with Crippen molar-refractivity contribution in [2.24, 2.45) is 17.3 Å². The van der Waals surface area contributed by atoms with Gasteiger partial charge in [-0.2, -0.15) is 0 Å². The standard InChI is InChI=1S/C17H24N2O3/c1-11(2)10-12-14(17(12,3)4)16(21)19-8-7-18-15(20)13-6-5-9-22-13/h5-6,9-10,12,14H,7-8H2,1-4H3,(H,18,20)(H,19,21). The first-order valence-electron chi connectivity index (χ1n) is 7.58. The van der Waals surface area contributed by atoms with Crippen LogP contribution in [0.3, 0.4) is 0 Å². The van der Waals surface area contributed by atoms with Crippen molar-refractivity contribution in [1.82, 2.24) is 10.6 Å². The summed E-state index contributed by atoms with van der Waals surface area (Å²) in [5, 5.41) is 5.60. The number of carbonyl (C=O) groups is 2. The van der Waals surface area contributed by atoms with Crippen LogP contribution in [0.15, 0.2) is 34.5 Å². The molecule has 0 bridgehead atoms. The van der Waals surface area contributed by atoms with Crippen LogP contribution >= 0.6 is 0 Å². The summed E-state index contributed by atoms with van der Waals surface area (Å²) in [7, 11) is 0. The van der Waals surface area contributed by atoms with Gasteiger partial charge < -0.3 is 15.1 Å². The molecule has 120 valence electrons. The lowest BCUT2D eigenvalue weighted by molar-refractivity contribution is -0.123. The minimum Gasteiger partial charge on any atom is -0.459 e. The normalized spacial score (nSPS) is 21.8. The van der Waals surface area contributed by atoms with Crippen molar-refractivity contribution in [1.29, 1.82) is 0 Å². The average molecular weight is 304 g/mol. The molecule has 1 aromatic rings. The van der Waals surface area contributed by atoms with E-state index in [4.69, 9.17) is 4.42 Å². The Hall–Kier alpha value is -2.04. The van der Waals surface area contributed by atoms with Crippen LogP contribution in [-0.4, -0.2) is 24.9 Å². The number of hydrogen-bond acceptors (Lipinski definition) is 3. The lowest BCUT2D eigenvalue weighted by Gasteiger charge is -2.07. The second-order valence-corrected chi connectivity index (χ2v) is 6.59. The number of nitrogens with one attached hydrogen (secondary N) is 2. The largest absolute Gasteiger partial charge is 0.459 e. The fourth-order valence-corrected chi connectivity index (χ4v) is 2.82. The second kappa shape index (κ2) is 6.38. The quantitative estimate of drug-likeness (QED) is 0.626. The molecule has 5 nitrogen and oxygen atoms in total. The average Bonchev–Trinajstić information content (AvgIpc) is 2.85. The van der Waals surface area contributed by atoms with Crippen LogP contribution in [0.4, 0.5) is 0 Å². The molecule has 1 fully saturated rings. The first-order valence-corrected chi connectivity index (χ1v) is 7.58. The van der Waals surface area contributed by atoms with Gasteiger partial charge >= 0.3 is 0 Å². The monoisotopic (exact) mass is 304 g/mol. The summed E-state index contributed by atoms with van der Waals surface area (Å²) in [4.78, 5) is 23.9. The lowest BCUT2D eigenvalue weighted by Crippen LogP contribution is -2.35. The summed E-state index contributed by atoms with van der Waals surface area (Å²) in [6.07, 6.45) is 3.62. The number of carbonyl (C=O) groups excluding carboxylic acids is 2. The predicted octanol–water partition coefficient (Wildman–Crippen LogP) is 2.36. The highest BCUT2D eigenvalue weighted by molar-refractivity contribution is 5.91. The van der Waals surface area contributed by atoms with Crippen LogP contribution < -0.4 is 10.6 Å². The summed E-state index contributed by atoms with van der Waals surface area (Å²) < 4.78 is 4.99. The summed E-state index contributed by atoms with van der Waals surface area (Å²) in [5.41, 5.74) is 1.25. The van der Waals surface area contributed by atoms with Crippen molar-refractivity contribution in [3.63, 3.8) is 0 Å². The van der Waals surface area contributed by atoms with Gasteiger partial charge in [-0.05, 0) is 37.3 Å². The van der Waals surface area contributed by atoms with Crippen LogP contribution in [-0.2, 0) is 4.79 Å². The van der Waals surface area contributed by atoms with Gasteiger partial charge in [-0.15, -0.1) is 0 Å². The number of hydrogen-bond donors (Lipinski definition) is 2. The number of rotatable bonds is 6. The van der Waals surface area contributed by atoms with E-state index in [0.29, 0.717) is 19.0 Å². The van der Waals surface area contributed by atoms with Crippen LogP contribution in [0.2, 0.25) is 0 Å². The van der Waals surface area contributed by atoms with Crippen LogP contribution in [0.25, 0.3) is 0 Å².